The fraction of sp³-hybridized carbons (Fsp3) is 0.613. The third-order valence-electron chi connectivity index (χ3n) is 6.53. The van der Waals surface area contributed by atoms with Crippen LogP contribution in [0.4, 0.5) is 11.4 Å². The molecule has 1 heterocycles. The van der Waals surface area contributed by atoms with Crippen molar-refractivity contribution in [3.8, 4) is 18.4 Å². The first kappa shape index (κ1) is 37.8. The third kappa shape index (κ3) is 11.7. The van der Waals surface area contributed by atoms with E-state index in [2.05, 4.69) is 36.5 Å². The Hall–Kier alpha value is -3.21. The van der Waals surface area contributed by atoms with E-state index < -0.39 is 16.5 Å². The Bertz CT molecular complexity index is 1080. The maximum absolute atomic E-state index is 13.2. The van der Waals surface area contributed by atoms with Crippen LogP contribution in [0.2, 0.25) is 0 Å². The van der Waals surface area contributed by atoms with Gasteiger partial charge in [-0.1, -0.05) is 47.6 Å². The number of amides is 3. The number of hydrogen-bond donors (Lipinski definition) is 2. The minimum absolute atomic E-state index is 0. The fourth-order valence-corrected chi connectivity index (χ4v) is 5.71. The molecular formula is C31H54N6O3S. The molecule has 3 unspecified atom stereocenters. The van der Waals surface area contributed by atoms with Crippen molar-refractivity contribution in [1.29, 1.82) is 5.26 Å². The molecule has 1 aromatic carbocycles. The number of benzene rings is 1. The number of rotatable bonds is 15. The summed E-state index contributed by atoms with van der Waals surface area (Å²) in [5.74, 6) is 1.96. The monoisotopic (exact) mass is 590 g/mol. The molecule has 0 spiro atoms. The van der Waals surface area contributed by atoms with Crippen LogP contribution in [0.3, 0.4) is 0 Å². The summed E-state index contributed by atoms with van der Waals surface area (Å²) in [7, 11) is 3.72. The summed E-state index contributed by atoms with van der Waals surface area (Å²) >= 11 is 1.41. The first-order valence-corrected chi connectivity index (χ1v) is 14.4. The quantitative estimate of drug-likeness (QED) is 0.284. The first-order valence-electron chi connectivity index (χ1n) is 13.5. The summed E-state index contributed by atoms with van der Waals surface area (Å²) < 4.78 is 0. The number of anilines is 2. The van der Waals surface area contributed by atoms with Gasteiger partial charge in [0, 0.05) is 40.8 Å². The van der Waals surface area contributed by atoms with E-state index >= 15 is 0 Å². The van der Waals surface area contributed by atoms with Crippen LogP contribution in [0.5, 0.6) is 0 Å². The Kier molecular flexibility index (Phi) is 17.5. The highest BCUT2D eigenvalue weighted by Crippen LogP contribution is 2.37. The number of terminal acetylenes is 1. The summed E-state index contributed by atoms with van der Waals surface area (Å²) in [6.07, 6.45) is 6.98. The van der Waals surface area contributed by atoms with Crippen LogP contribution in [0.1, 0.15) is 57.7 Å². The van der Waals surface area contributed by atoms with Crippen LogP contribution in [0, 0.1) is 35.5 Å². The number of carbonyl (C=O) groups excluding carboxylic acids is 3. The third-order valence-corrected chi connectivity index (χ3v) is 8.09. The zero-order chi connectivity index (χ0) is 28.9. The molecule has 0 bridgehead atoms. The molecule has 3 atom stereocenters. The molecule has 3 amide bonds. The van der Waals surface area contributed by atoms with E-state index in [-0.39, 0.29) is 48.4 Å². The molecule has 1 saturated heterocycles. The highest BCUT2D eigenvalue weighted by atomic mass is 32.2. The van der Waals surface area contributed by atoms with Gasteiger partial charge >= 0.3 is 0 Å². The van der Waals surface area contributed by atoms with Gasteiger partial charge in [0.05, 0.1) is 30.5 Å². The summed E-state index contributed by atoms with van der Waals surface area (Å²) in [5.41, 5.74) is 1.56. The predicted molar refractivity (Wildman–Crippen MR) is 176 cm³/mol. The predicted octanol–water partition coefficient (Wildman–Crippen LogP) is 4.76. The molecule has 0 saturated carbocycles. The topological polar surface area (TPSA) is 109 Å². The maximum Gasteiger partial charge on any atom is 0.240 e. The zero-order valence-electron chi connectivity index (χ0n) is 23.8. The Morgan fingerprint density at radius 1 is 1.27 bits per heavy atom. The number of nitriles is 1. The molecule has 1 aromatic rings. The summed E-state index contributed by atoms with van der Waals surface area (Å²) in [6.45, 7) is 8.51. The second-order valence-electron chi connectivity index (χ2n) is 10.3. The number of carbonyl (C=O) groups is 3. The van der Waals surface area contributed by atoms with Crippen molar-refractivity contribution in [2.45, 2.75) is 65.5 Å². The Balaban J connectivity index is -0.00000400. The van der Waals surface area contributed by atoms with Crippen molar-refractivity contribution in [2.75, 3.05) is 57.0 Å². The Labute approximate surface area is 255 Å². The zero-order valence-corrected chi connectivity index (χ0v) is 24.6. The number of hydrogen-bond acceptors (Lipinski definition) is 7. The number of nitrogens with zero attached hydrogens (tertiary/aromatic N) is 4. The van der Waals surface area contributed by atoms with Crippen LogP contribution < -0.4 is 15.5 Å². The lowest BCUT2D eigenvalue weighted by Crippen LogP contribution is -2.40. The molecule has 2 rings (SSSR count). The molecule has 10 heteroatoms. The molecule has 232 valence electrons. The molecule has 1 aliphatic heterocycles. The van der Waals surface area contributed by atoms with E-state index in [1.54, 1.807) is 16.8 Å². The van der Waals surface area contributed by atoms with Gasteiger partial charge in [-0.2, -0.15) is 5.26 Å². The van der Waals surface area contributed by atoms with Gasteiger partial charge in [-0.3, -0.25) is 19.3 Å². The molecule has 0 aliphatic carbocycles. The van der Waals surface area contributed by atoms with Crippen LogP contribution in [0.25, 0.3) is 0 Å². The lowest BCUT2D eigenvalue weighted by molar-refractivity contribution is -0.131. The van der Waals surface area contributed by atoms with E-state index in [1.165, 1.54) is 11.8 Å². The van der Waals surface area contributed by atoms with Crippen molar-refractivity contribution in [2.24, 2.45) is 11.8 Å². The second kappa shape index (κ2) is 19.0. The standard InChI is InChI=1S/C29H42N6O3S.2CH4.2H2/c1-7-13-31-26(36)16-22(18-30)29-35(14-8-2)28(38)25(39-29)19-32-23-10-9-11-24(17-23)34(6)27(37)20-33(5)15-12-21(3)4;;;;/h1,9-11,17,21-22,25,29,32H,8,12-16,19-20H2,2-6H3,(H,31,36);2*1H4;2*1H. The fourth-order valence-electron chi connectivity index (χ4n) is 4.24. The largest absolute Gasteiger partial charge is 0.383 e. The minimum Gasteiger partial charge on any atom is -0.383 e. The lowest BCUT2D eigenvalue weighted by atomic mass is 10.1. The van der Waals surface area contributed by atoms with Crippen LogP contribution in [0.15, 0.2) is 24.3 Å². The van der Waals surface area contributed by atoms with Gasteiger partial charge in [0.2, 0.25) is 17.7 Å². The van der Waals surface area contributed by atoms with Crippen LogP contribution in [-0.2, 0) is 14.4 Å². The second-order valence-corrected chi connectivity index (χ2v) is 11.6. The van der Waals surface area contributed by atoms with Crippen LogP contribution in [-0.4, -0.2) is 85.0 Å². The van der Waals surface area contributed by atoms with E-state index in [0.717, 1.165) is 30.8 Å². The summed E-state index contributed by atoms with van der Waals surface area (Å²) in [5, 5.41) is 14.9. The van der Waals surface area contributed by atoms with E-state index in [0.29, 0.717) is 25.6 Å². The molecule has 1 aliphatic rings. The Morgan fingerprint density at radius 3 is 2.59 bits per heavy atom. The number of likely N-dealkylation sites (N-methyl/N-ethyl adjacent to an activating group) is 2. The molecule has 0 aromatic heterocycles. The molecule has 2 N–H and O–H groups in total. The SMILES string of the molecule is C.C.C#CCNC(=O)CC(C#N)C1SC(CNc2cccc(N(C)C(=O)CN(C)CCC(C)C)c2)C(=O)N1CCC.[HH].[HH]. The summed E-state index contributed by atoms with van der Waals surface area (Å²) in [6, 6.07) is 9.77. The van der Waals surface area contributed by atoms with Crippen LogP contribution >= 0.6 is 11.8 Å². The van der Waals surface area contributed by atoms with E-state index in [9.17, 15) is 19.6 Å². The first-order chi connectivity index (χ1) is 18.6. The van der Waals surface area contributed by atoms with E-state index in [1.807, 2.05) is 43.1 Å². The molecule has 9 nitrogen and oxygen atoms in total. The van der Waals surface area contributed by atoms with Gasteiger partial charge < -0.3 is 20.4 Å². The molecule has 1 fully saturated rings. The Morgan fingerprint density at radius 2 is 1.98 bits per heavy atom. The van der Waals surface area contributed by atoms with Crippen molar-refractivity contribution in [3.63, 3.8) is 0 Å². The van der Waals surface area contributed by atoms with Crippen molar-refractivity contribution < 1.29 is 17.2 Å². The number of thioether (sulfide) groups is 1. The van der Waals surface area contributed by atoms with Gasteiger partial charge in [0.25, 0.3) is 0 Å². The average Bonchev–Trinajstić information content (AvgIpc) is 3.22. The number of nitrogens with one attached hydrogen (secondary N) is 2. The summed E-state index contributed by atoms with van der Waals surface area (Å²) in [4.78, 5) is 43.7. The lowest BCUT2D eigenvalue weighted by Gasteiger charge is -2.26. The normalized spacial score (nSPS) is 16.7. The van der Waals surface area contributed by atoms with Gasteiger partial charge in [0.1, 0.15) is 5.25 Å². The van der Waals surface area contributed by atoms with Gasteiger partial charge in [0.15, 0.2) is 0 Å². The molecular weight excluding hydrogens is 536 g/mol. The van der Waals surface area contributed by atoms with Gasteiger partial charge in [-0.05, 0) is 50.6 Å². The van der Waals surface area contributed by atoms with Crippen molar-refractivity contribution in [1.82, 2.24) is 15.1 Å². The van der Waals surface area contributed by atoms with Crippen molar-refractivity contribution in [3.05, 3.63) is 24.3 Å². The van der Waals surface area contributed by atoms with Crippen molar-refractivity contribution >= 4 is 40.9 Å². The van der Waals surface area contributed by atoms with Gasteiger partial charge in [-0.15, -0.1) is 18.2 Å². The highest BCUT2D eigenvalue weighted by Gasteiger charge is 2.44. The maximum atomic E-state index is 13.2. The van der Waals surface area contributed by atoms with Gasteiger partial charge in [-0.25, -0.2) is 0 Å². The molecule has 41 heavy (non-hydrogen) atoms. The highest BCUT2D eigenvalue weighted by molar-refractivity contribution is 8.01. The molecule has 0 radical (unpaired) electrons. The minimum atomic E-state index is -0.644. The van der Waals surface area contributed by atoms with E-state index in [4.69, 9.17) is 6.42 Å². The average molecular weight is 591 g/mol. The smallest absolute Gasteiger partial charge is 0.240 e.